The second-order valence-electron chi connectivity index (χ2n) is 4.91. The van der Waals surface area contributed by atoms with Crippen LogP contribution in [0, 0.1) is 0 Å². The van der Waals surface area contributed by atoms with Crippen molar-refractivity contribution in [1.82, 2.24) is 4.31 Å². The fraction of sp³-hybridized carbons (Fsp3) is 0.188. The molecule has 0 bridgehead atoms. The van der Waals surface area contributed by atoms with Crippen LogP contribution in [0.15, 0.2) is 57.9 Å². The second kappa shape index (κ2) is 8.11. The first kappa shape index (κ1) is 18.9. The molecule has 0 unspecified atom stereocenters. The molecule has 0 aliphatic carbocycles. The van der Waals surface area contributed by atoms with E-state index in [2.05, 4.69) is 21.2 Å². The van der Waals surface area contributed by atoms with Gasteiger partial charge in [-0.2, -0.15) is 4.31 Å². The van der Waals surface area contributed by atoms with E-state index in [0.29, 0.717) is 10.7 Å². The van der Waals surface area contributed by atoms with Crippen molar-refractivity contribution in [2.45, 2.75) is 11.8 Å². The van der Waals surface area contributed by atoms with Gasteiger partial charge in [0.1, 0.15) is 0 Å². The highest BCUT2D eigenvalue weighted by Crippen LogP contribution is 2.22. The first-order chi connectivity index (χ1) is 11.3. The first-order valence-corrected chi connectivity index (χ1v) is 9.75. The quantitative estimate of drug-likeness (QED) is 0.757. The maximum absolute atomic E-state index is 12.6. The van der Waals surface area contributed by atoms with E-state index >= 15 is 0 Å². The number of nitrogens with zero attached hydrogens (tertiary/aromatic N) is 1. The predicted octanol–water partition coefficient (Wildman–Crippen LogP) is 3.75. The Morgan fingerprint density at radius 2 is 1.79 bits per heavy atom. The van der Waals surface area contributed by atoms with Gasteiger partial charge in [-0.05, 0) is 52.3 Å². The molecule has 5 nitrogen and oxygen atoms in total. The number of likely N-dealkylation sites (N-methyl/N-ethyl adjacent to an activating group) is 1. The summed E-state index contributed by atoms with van der Waals surface area (Å²) in [6.45, 7) is 1.58. The Morgan fingerprint density at radius 1 is 1.17 bits per heavy atom. The highest BCUT2D eigenvalue weighted by Gasteiger charge is 2.25. The summed E-state index contributed by atoms with van der Waals surface area (Å²) in [5.74, 6) is -0.415. The summed E-state index contributed by atoms with van der Waals surface area (Å²) in [5.41, 5.74) is 0.586. The molecule has 128 valence electrons. The molecule has 0 saturated heterocycles. The smallest absolute Gasteiger partial charge is 0.243 e. The standard InChI is InChI=1S/C16H16BrClN2O3S/c1-2-20(24(22,23)13-9-7-12(18)8-10-13)11-16(21)19-15-6-4-3-5-14(15)17/h3-10H,2,11H2,1H3,(H,19,21). The van der Waals surface area contributed by atoms with E-state index in [4.69, 9.17) is 11.6 Å². The minimum atomic E-state index is -3.76. The third-order valence-corrected chi connectivity index (χ3v) is 6.15. The van der Waals surface area contributed by atoms with Gasteiger partial charge in [-0.15, -0.1) is 0 Å². The van der Waals surface area contributed by atoms with Crippen LogP contribution in [-0.2, 0) is 14.8 Å². The van der Waals surface area contributed by atoms with Crippen LogP contribution in [-0.4, -0.2) is 31.7 Å². The van der Waals surface area contributed by atoms with Crippen LogP contribution < -0.4 is 5.32 Å². The third kappa shape index (κ3) is 4.57. The average molecular weight is 432 g/mol. The second-order valence-corrected chi connectivity index (χ2v) is 8.14. The number of rotatable bonds is 6. The van der Waals surface area contributed by atoms with Gasteiger partial charge in [0.15, 0.2) is 0 Å². The van der Waals surface area contributed by atoms with Crippen molar-refractivity contribution in [3.05, 3.63) is 58.0 Å². The zero-order valence-corrected chi connectivity index (χ0v) is 16.0. The minimum absolute atomic E-state index is 0.0995. The number of halogens is 2. The maximum atomic E-state index is 12.6. The zero-order valence-electron chi connectivity index (χ0n) is 12.9. The largest absolute Gasteiger partial charge is 0.324 e. The van der Waals surface area contributed by atoms with Crippen molar-refractivity contribution in [2.75, 3.05) is 18.4 Å². The summed E-state index contributed by atoms with van der Waals surface area (Å²) >= 11 is 9.12. The molecule has 0 spiro atoms. The summed E-state index contributed by atoms with van der Waals surface area (Å²) < 4.78 is 27.1. The van der Waals surface area contributed by atoms with Gasteiger partial charge < -0.3 is 5.32 Å². The number of hydrogen-bond donors (Lipinski definition) is 1. The summed E-state index contributed by atoms with van der Waals surface area (Å²) in [6, 6.07) is 13.0. The highest BCUT2D eigenvalue weighted by molar-refractivity contribution is 9.10. The van der Waals surface area contributed by atoms with Crippen LogP contribution in [0.3, 0.4) is 0 Å². The van der Waals surface area contributed by atoms with Gasteiger partial charge in [0.05, 0.1) is 17.1 Å². The van der Waals surface area contributed by atoms with Gasteiger partial charge in [-0.1, -0.05) is 30.7 Å². The molecule has 1 N–H and O–H groups in total. The SMILES string of the molecule is CCN(CC(=O)Nc1ccccc1Br)S(=O)(=O)c1ccc(Cl)cc1. The van der Waals surface area contributed by atoms with Gasteiger partial charge in [-0.25, -0.2) is 8.42 Å². The molecule has 0 saturated carbocycles. The summed E-state index contributed by atoms with van der Waals surface area (Å²) in [5, 5.41) is 3.14. The average Bonchev–Trinajstić information content (AvgIpc) is 2.55. The molecule has 0 aliphatic heterocycles. The van der Waals surface area contributed by atoms with E-state index in [0.717, 1.165) is 8.78 Å². The molecule has 1 amide bonds. The van der Waals surface area contributed by atoms with Crippen LogP contribution >= 0.6 is 27.5 Å². The Balaban J connectivity index is 2.15. The van der Waals surface area contributed by atoms with Crippen molar-refractivity contribution < 1.29 is 13.2 Å². The lowest BCUT2D eigenvalue weighted by molar-refractivity contribution is -0.116. The maximum Gasteiger partial charge on any atom is 0.243 e. The molecule has 2 rings (SSSR count). The van der Waals surface area contributed by atoms with Crippen molar-refractivity contribution in [3.8, 4) is 0 Å². The van der Waals surface area contributed by atoms with Gasteiger partial charge in [0.25, 0.3) is 0 Å². The zero-order chi connectivity index (χ0) is 17.7. The lowest BCUT2D eigenvalue weighted by Crippen LogP contribution is -2.37. The number of sulfonamides is 1. The molecule has 0 radical (unpaired) electrons. The molecule has 0 aromatic heterocycles. The van der Waals surface area contributed by atoms with E-state index in [-0.39, 0.29) is 18.0 Å². The Morgan fingerprint density at radius 3 is 2.38 bits per heavy atom. The van der Waals surface area contributed by atoms with Crippen LogP contribution in [0.1, 0.15) is 6.92 Å². The van der Waals surface area contributed by atoms with E-state index in [1.165, 1.54) is 24.3 Å². The fourth-order valence-corrected chi connectivity index (χ4v) is 3.95. The summed E-state index contributed by atoms with van der Waals surface area (Å²) in [6.07, 6.45) is 0. The number of nitrogens with one attached hydrogen (secondary N) is 1. The van der Waals surface area contributed by atoms with Gasteiger partial charge in [-0.3, -0.25) is 4.79 Å². The predicted molar refractivity (Wildman–Crippen MR) is 98.7 cm³/mol. The molecule has 0 fully saturated rings. The van der Waals surface area contributed by atoms with E-state index in [9.17, 15) is 13.2 Å². The van der Waals surface area contributed by atoms with Crippen LogP contribution in [0.4, 0.5) is 5.69 Å². The van der Waals surface area contributed by atoms with Crippen molar-refractivity contribution in [2.24, 2.45) is 0 Å². The molecule has 2 aromatic rings. The van der Waals surface area contributed by atoms with Crippen molar-refractivity contribution in [1.29, 1.82) is 0 Å². The minimum Gasteiger partial charge on any atom is -0.324 e. The van der Waals surface area contributed by atoms with Crippen LogP contribution in [0.5, 0.6) is 0 Å². The van der Waals surface area contributed by atoms with Crippen molar-refractivity contribution >= 4 is 49.1 Å². The Bertz CT molecular complexity index is 825. The first-order valence-electron chi connectivity index (χ1n) is 7.14. The van der Waals surface area contributed by atoms with E-state index in [1.807, 2.05) is 6.07 Å². The fourth-order valence-electron chi connectivity index (χ4n) is 2.03. The molecule has 2 aromatic carbocycles. The number of amides is 1. The van der Waals surface area contributed by atoms with Gasteiger partial charge in [0, 0.05) is 16.0 Å². The molecule has 24 heavy (non-hydrogen) atoms. The number of benzene rings is 2. The number of hydrogen-bond acceptors (Lipinski definition) is 3. The Labute approximate surface area is 154 Å². The number of anilines is 1. The lowest BCUT2D eigenvalue weighted by Gasteiger charge is -2.20. The van der Waals surface area contributed by atoms with E-state index < -0.39 is 15.9 Å². The van der Waals surface area contributed by atoms with Gasteiger partial charge in [0.2, 0.25) is 15.9 Å². The molecule has 8 heteroatoms. The Kier molecular flexibility index (Phi) is 6.40. The van der Waals surface area contributed by atoms with Crippen LogP contribution in [0.2, 0.25) is 5.02 Å². The molecule has 0 aliphatic rings. The monoisotopic (exact) mass is 430 g/mol. The number of para-hydroxylation sites is 1. The summed E-state index contributed by atoms with van der Waals surface area (Å²) in [7, 11) is -3.76. The lowest BCUT2D eigenvalue weighted by atomic mass is 10.3. The molecular weight excluding hydrogens is 416 g/mol. The topological polar surface area (TPSA) is 66.5 Å². The van der Waals surface area contributed by atoms with Crippen molar-refractivity contribution in [3.63, 3.8) is 0 Å². The number of carbonyl (C=O) groups is 1. The normalized spacial score (nSPS) is 11.5. The van der Waals surface area contributed by atoms with Gasteiger partial charge >= 0.3 is 0 Å². The molecular formula is C16H16BrClN2O3S. The highest BCUT2D eigenvalue weighted by atomic mass is 79.9. The Hall–Kier alpha value is -1.41. The number of carbonyl (C=O) groups excluding carboxylic acids is 1. The molecule has 0 atom stereocenters. The summed E-state index contributed by atoms with van der Waals surface area (Å²) in [4.78, 5) is 12.3. The molecule has 0 heterocycles. The third-order valence-electron chi connectivity index (χ3n) is 3.27. The van der Waals surface area contributed by atoms with E-state index in [1.54, 1.807) is 25.1 Å². The van der Waals surface area contributed by atoms with Crippen LogP contribution in [0.25, 0.3) is 0 Å².